The highest BCUT2D eigenvalue weighted by molar-refractivity contribution is 7.92. The summed E-state index contributed by atoms with van der Waals surface area (Å²) in [5.74, 6) is 0.402. The van der Waals surface area contributed by atoms with Gasteiger partial charge in [-0.1, -0.05) is 65.4 Å². The highest BCUT2D eigenvalue weighted by Gasteiger charge is 2.29. The molecule has 0 aliphatic heterocycles. The smallest absolute Gasteiger partial charge is 0.323 e. The highest BCUT2D eigenvalue weighted by Crippen LogP contribution is 2.29. The molecule has 3 aromatic rings. The predicted octanol–water partition coefficient (Wildman–Crippen LogP) is 9.98. The van der Waals surface area contributed by atoms with Crippen molar-refractivity contribution in [2.24, 2.45) is 5.92 Å². The van der Waals surface area contributed by atoms with Gasteiger partial charge in [-0.3, -0.25) is 4.79 Å². The minimum absolute atomic E-state index is 0. The molecule has 2 aromatic carbocycles. The van der Waals surface area contributed by atoms with Gasteiger partial charge in [0.05, 0.1) is 9.90 Å². The van der Waals surface area contributed by atoms with E-state index in [0.717, 1.165) is 54.7 Å². The maximum Gasteiger partial charge on any atom is 0.416 e. The fourth-order valence-electron chi connectivity index (χ4n) is 3.76. The average Bonchev–Trinajstić information content (AvgIpc) is 3.25. The van der Waals surface area contributed by atoms with Gasteiger partial charge in [0.1, 0.15) is 4.21 Å². The Morgan fingerprint density at radius 2 is 1.56 bits per heavy atom. The van der Waals surface area contributed by atoms with Gasteiger partial charge in [-0.25, -0.2) is 8.42 Å². The van der Waals surface area contributed by atoms with Gasteiger partial charge in [0.15, 0.2) is 9.84 Å². The lowest BCUT2D eigenvalue weighted by molar-refractivity contribution is -0.137. The van der Waals surface area contributed by atoms with E-state index in [1.165, 1.54) is 47.9 Å². The second-order valence-corrected chi connectivity index (χ2v) is 12.9. The summed E-state index contributed by atoms with van der Waals surface area (Å²) < 4.78 is 60.1. The van der Waals surface area contributed by atoms with Crippen molar-refractivity contribution in [1.82, 2.24) is 0 Å². The normalized spacial score (nSPS) is 14.5. The molecule has 1 aliphatic carbocycles. The molecule has 1 amide bonds. The number of fused-ring (bicyclic) bond motifs is 1. The molecule has 1 unspecified atom stereocenters. The number of aryl methyl sites for hydroxylation is 2. The van der Waals surface area contributed by atoms with Crippen LogP contribution in [0.3, 0.4) is 0 Å². The molecule has 10 heteroatoms. The van der Waals surface area contributed by atoms with E-state index in [0.29, 0.717) is 20.0 Å². The first-order valence-electron chi connectivity index (χ1n) is 12.5. The molecule has 0 saturated heterocycles. The molecule has 0 saturated carbocycles. The van der Waals surface area contributed by atoms with Crippen LogP contribution in [0.2, 0.25) is 4.34 Å². The van der Waals surface area contributed by atoms with Crippen molar-refractivity contribution in [3.63, 3.8) is 0 Å². The van der Waals surface area contributed by atoms with Crippen LogP contribution in [0.15, 0.2) is 64.9 Å². The molecule has 1 aliphatic rings. The highest BCUT2D eigenvalue weighted by atomic mass is 35.5. The summed E-state index contributed by atoms with van der Waals surface area (Å²) in [7, 11) is -3.05. The largest absolute Gasteiger partial charge is 0.416 e. The lowest BCUT2D eigenvalue weighted by atomic mass is 10.0. The second kappa shape index (κ2) is 17.4. The summed E-state index contributed by atoms with van der Waals surface area (Å²) in [6.07, 6.45) is 4.06. The van der Waals surface area contributed by atoms with E-state index in [1.807, 2.05) is 26.0 Å². The first kappa shape index (κ1) is 38.4. The van der Waals surface area contributed by atoms with Crippen molar-refractivity contribution in [3.05, 3.63) is 87.3 Å². The van der Waals surface area contributed by atoms with Crippen molar-refractivity contribution in [2.45, 2.75) is 71.7 Å². The standard InChI is InChI=1S/C22H22F3NO.C5H5ClO2S2.C2H6.2CH4/c1-15-2-7-17-9-12-20(14-18(17)8-3-15)26-21(27)13-6-16-4-10-19(11-5-16)22(23,24)25;1-10(7,8)5-3-2-4(6)9-5;1-2;;/h4-6,9-15H,2-3,7-8H2,1H3,(H,26,27);2-3H,1H3;1-2H3;2*1H4/b13-6+;;;;. The van der Waals surface area contributed by atoms with Crippen molar-refractivity contribution in [1.29, 1.82) is 0 Å². The fourth-order valence-corrected chi connectivity index (χ4v) is 5.87. The number of benzene rings is 2. The zero-order valence-corrected chi connectivity index (χ0v) is 24.7. The van der Waals surface area contributed by atoms with Crippen LogP contribution in [0.4, 0.5) is 18.9 Å². The van der Waals surface area contributed by atoms with Gasteiger partial charge in [-0.2, -0.15) is 13.2 Å². The minimum Gasteiger partial charge on any atom is -0.323 e. The number of sulfone groups is 1. The first-order chi connectivity index (χ1) is 18.3. The Hall–Kier alpha value is -2.62. The van der Waals surface area contributed by atoms with Crippen LogP contribution >= 0.6 is 22.9 Å². The molecule has 0 fully saturated rings. The Kier molecular flexibility index (Phi) is 16.3. The number of carbonyl (C=O) groups excluding carboxylic acids is 1. The monoisotopic (exact) mass is 631 g/mol. The molecule has 0 radical (unpaired) electrons. The Morgan fingerprint density at radius 1 is 0.976 bits per heavy atom. The molecular weight excluding hydrogens is 591 g/mol. The first-order valence-corrected chi connectivity index (χ1v) is 15.6. The molecule has 0 spiro atoms. The molecule has 4 nitrogen and oxygen atoms in total. The predicted molar refractivity (Wildman–Crippen MR) is 169 cm³/mol. The second-order valence-electron chi connectivity index (χ2n) is 8.94. The molecule has 0 bridgehead atoms. The van der Waals surface area contributed by atoms with E-state index in [9.17, 15) is 26.4 Å². The van der Waals surface area contributed by atoms with Crippen molar-refractivity contribution < 1.29 is 26.4 Å². The Morgan fingerprint density at radius 3 is 2.05 bits per heavy atom. The number of hydrogen-bond donors (Lipinski definition) is 1. The van der Waals surface area contributed by atoms with Gasteiger partial charge in [0.25, 0.3) is 0 Å². The Bertz CT molecular complexity index is 1370. The van der Waals surface area contributed by atoms with Crippen LogP contribution in [-0.2, 0) is 33.6 Å². The number of thiophene rings is 1. The summed E-state index contributed by atoms with van der Waals surface area (Å²) in [6, 6.07) is 13.8. The van der Waals surface area contributed by atoms with Crippen LogP contribution < -0.4 is 5.32 Å². The zero-order chi connectivity index (χ0) is 29.2. The summed E-state index contributed by atoms with van der Waals surface area (Å²) in [5, 5.41) is 2.82. The SMILES string of the molecule is C.C.CC.CC1CCc2ccc(NC(=O)/C=C/c3ccc(C(F)(F)F)cc3)cc2CC1.CS(=O)(=O)c1ccc(Cl)s1. The summed E-state index contributed by atoms with van der Waals surface area (Å²) in [5.41, 5.74) is 3.20. The number of nitrogens with one attached hydrogen (secondary N) is 1. The Balaban J connectivity index is 0.000000968. The number of hydrogen-bond acceptors (Lipinski definition) is 4. The molecule has 1 N–H and O–H groups in total. The number of anilines is 1. The molecule has 228 valence electrons. The van der Waals surface area contributed by atoms with E-state index < -0.39 is 21.6 Å². The Labute approximate surface area is 252 Å². The molecule has 1 atom stereocenters. The van der Waals surface area contributed by atoms with Gasteiger partial charge in [-0.15, -0.1) is 11.3 Å². The van der Waals surface area contributed by atoms with E-state index >= 15 is 0 Å². The number of halogens is 4. The zero-order valence-electron chi connectivity index (χ0n) is 22.3. The third-order valence-corrected chi connectivity index (χ3v) is 8.92. The van der Waals surface area contributed by atoms with Crippen LogP contribution in [0.25, 0.3) is 6.08 Å². The van der Waals surface area contributed by atoms with Crippen LogP contribution in [0.1, 0.15) is 70.7 Å². The molecule has 4 rings (SSSR count). The van der Waals surface area contributed by atoms with Crippen molar-refractivity contribution >= 4 is 50.4 Å². The van der Waals surface area contributed by atoms with Gasteiger partial charge in [0.2, 0.25) is 5.91 Å². The summed E-state index contributed by atoms with van der Waals surface area (Å²) in [6.45, 7) is 6.26. The molecule has 1 heterocycles. The van der Waals surface area contributed by atoms with E-state index in [2.05, 4.69) is 18.3 Å². The number of carbonyl (C=O) groups is 1. The minimum atomic E-state index is -4.36. The fraction of sp³-hybridized carbons (Fsp3) is 0.387. The molecule has 1 aromatic heterocycles. The molecular formula is C31H41ClF3NO3S2. The molecule has 41 heavy (non-hydrogen) atoms. The van der Waals surface area contributed by atoms with E-state index in [1.54, 1.807) is 6.07 Å². The van der Waals surface area contributed by atoms with Gasteiger partial charge in [0, 0.05) is 18.0 Å². The lowest BCUT2D eigenvalue weighted by Crippen LogP contribution is -2.08. The maximum atomic E-state index is 12.6. The van der Waals surface area contributed by atoms with E-state index in [4.69, 9.17) is 11.6 Å². The maximum absolute atomic E-state index is 12.6. The quantitative estimate of drug-likeness (QED) is 0.230. The number of alkyl halides is 3. The van der Waals surface area contributed by atoms with Crippen LogP contribution in [-0.4, -0.2) is 20.6 Å². The van der Waals surface area contributed by atoms with Crippen molar-refractivity contribution in [3.8, 4) is 0 Å². The lowest BCUT2D eigenvalue weighted by Gasteiger charge is -2.09. The summed E-state index contributed by atoms with van der Waals surface area (Å²) in [4.78, 5) is 12.1. The van der Waals surface area contributed by atoms with Gasteiger partial charge in [-0.05, 0) is 90.8 Å². The third-order valence-electron chi connectivity index (χ3n) is 5.87. The summed E-state index contributed by atoms with van der Waals surface area (Å²) >= 11 is 6.59. The van der Waals surface area contributed by atoms with Crippen LogP contribution in [0, 0.1) is 5.92 Å². The number of amides is 1. The van der Waals surface area contributed by atoms with Crippen LogP contribution in [0.5, 0.6) is 0 Å². The topological polar surface area (TPSA) is 63.2 Å². The van der Waals surface area contributed by atoms with Crippen molar-refractivity contribution in [2.75, 3.05) is 11.6 Å². The third kappa shape index (κ3) is 12.8. The number of rotatable bonds is 4. The van der Waals surface area contributed by atoms with Gasteiger partial charge >= 0.3 is 6.18 Å². The van der Waals surface area contributed by atoms with E-state index in [-0.39, 0.29) is 20.8 Å². The van der Waals surface area contributed by atoms with Gasteiger partial charge < -0.3 is 5.32 Å². The average molecular weight is 632 g/mol.